The Balaban J connectivity index is 2.08. The van der Waals surface area contributed by atoms with Crippen LogP contribution in [-0.2, 0) is 6.54 Å². The molecule has 0 aliphatic rings. The first-order valence-corrected chi connectivity index (χ1v) is 5.87. The zero-order valence-corrected chi connectivity index (χ0v) is 9.79. The molecule has 1 N–H and O–H groups in total. The van der Waals surface area contributed by atoms with E-state index >= 15 is 0 Å². The fraction of sp³-hybridized carbons (Fsp3) is 0.0769. The van der Waals surface area contributed by atoms with Gasteiger partial charge in [-0.1, -0.05) is 12.1 Å². The van der Waals surface area contributed by atoms with E-state index in [4.69, 9.17) is 10.5 Å². The SMILES string of the molecule is N#Cc1ccc(CNc2ccccc2C#N)s1. The highest BCUT2D eigenvalue weighted by molar-refractivity contribution is 7.12. The molecule has 0 aliphatic heterocycles. The van der Waals surface area contributed by atoms with Crippen molar-refractivity contribution < 1.29 is 0 Å². The third-order valence-corrected chi connectivity index (χ3v) is 3.26. The van der Waals surface area contributed by atoms with Gasteiger partial charge in [0.25, 0.3) is 0 Å². The van der Waals surface area contributed by atoms with Crippen molar-refractivity contribution in [2.24, 2.45) is 0 Å². The summed E-state index contributed by atoms with van der Waals surface area (Å²) in [6, 6.07) is 15.3. The highest BCUT2D eigenvalue weighted by atomic mass is 32.1. The smallest absolute Gasteiger partial charge is 0.110 e. The minimum atomic E-state index is 0.629. The number of hydrogen-bond donors (Lipinski definition) is 1. The number of nitrogens with one attached hydrogen (secondary N) is 1. The molecule has 0 bridgehead atoms. The van der Waals surface area contributed by atoms with Gasteiger partial charge in [-0.25, -0.2) is 0 Å². The Bertz CT molecular complexity index is 602. The maximum atomic E-state index is 8.93. The molecule has 3 nitrogen and oxygen atoms in total. The van der Waals surface area contributed by atoms with Crippen LogP contribution in [0.25, 0.3) is 0 Å². The molecule has 0 spiro atoms. The van der Waals surface area contributed by atoms with E-state index in [1.807, 2.05) is 24.3 Å². The van der Waals surface area contributed by atoms with Crippen molar-refractivity contribution in [3.05, 3.63) is 51.7 Å². The third kappa shape index (κ3) is 2.63. The number of thiophene rings is 1. The first kappa shape index (κ1) is 11.2. The van der Waals surface area contributed by atoms with Crippen molar-refractivity contribution in [2.75, 3.05) is 5.32 Å². The van der Waals surface area contributed by atoms with Crippen LogP contribution in [-0.4, -0.2) is 0 Å². The molecule has 4 heteroatoms. The maximum absolute atomic E-state index is 8.93. The number of hydrogen-bond acceptors (Lipinski definition) is 4. The standard InChI is InChI=1S/C13H9N3S/c14-7-10-3-1-2-4-13(10)16-9-12-6-5-11(8-15)17-12/h1-6,16H,9H2. The van der Waals surface area contributed by atoms with Gasteiger partial charge >= 0.3 is 0 Å². The van der Waals surface area contributed by atoms with Crippen LogP contribution in [0.1, 0.15) is 15.3 Å². The summed E-state index contributed by atoms with van der Waals surface area (Å²) in [7, 11) is 0. The second-order valence-corrected chi connectivity index (χ2v) is 4.56. The van der Waals surface area contributed by atoms with E-state index in [1.54, 1.807) is 12.1 Å². The average Bonchev–Trinajstić information content (AvgIpc) is 2.84. The molecule has 0 radical (unpaired) electrons. The number of para-hydroxylation sites is 1. The summed E-state index contributed by atoms with van der Waals surface area (Å²) in [5, 5.41) is 20.8. The molecule has 1 aromatic heterocycles. The van der Waals surface area contributed by atoms with Gasteiger partial charge in [0.05, 0.1) is 11.3 Å². The summed E-state index contributed by atoms with van der Waals surface area (Å²) in [5.41, 5.74) is 1.45. The molecule has 2 rings (SSSR count). The van der Waals surface area contributed by atoms with Crippen molar-refractivity contribution in [3.8, 4) is 12.1 Å². The molecule has 1 heterocycles. The Morgan fingerprint density at radius 3 is 2.59 bits per heavy atom. The molecule has 0 aliphatic carbocycles. The molecular formula is C13H9N3S. The normalized spacial score (nSPS) is 9.29. The maximum Gasteiger partial charge on any atom is 0.110 e. The topological polar surface area (TPSA) is 59.6 Å². The lowest BCUT2D eigenvalue weighted by Crippen LogP contribution is -1.99. The van der Waals surface area contributed by atoms with Crippen molar-refractivity contribution in [1.82, 2.24) is 0 Å². The fourth-order valence-electron chi connectivity index (χ4n) is 1.45. The molecule has 0 amide bonds. The van der Waals surface area contributed by atoms with Crippen molar-refractivity contribution in [2.45, 2.75) is 6.54 Å². The van der Waals surface area contributed by atoms with Crippen LogP contribution in [0.4, 0.5) is 5.69 Å². The third-order valence-electron chi connectivity index (χ3n) is 2.27. The van der Waals surface area contributed by atoms with Crippen molar-refractivity contribution in [3.63, 3.8) is 0 Å². The van der Waals surface area contributed by atoms with Crippen LogP contribution in [0.2, 0.25) is 0 Å². The predicted molar refractivity (Wildman–Crippen MR) is 67.5 cm³/mol. The van der Waals surface area contributed by atoms with Crippen molar-refractivity contribution in [1.29, 1.82) is 10.5 Å². The van der Waals surface area contributed by atoms with Crippen LogP contribution in [0.5, 0.6) is 0 Å². The minimum Gasteiger partial charge on any atom is -0.379 e. The van der Waals surface area contributed by atoms with Gasteiger partial charge < -0.3 is 5.32 Å². The number of rotatable bonds is 3. The molecule has 0 saturated heterocycles. The van der Waals surface area contributed by atoms with Crippen LogP contribution in [0, 0.1) is 22.7 Å². The van der Waals surface area contributed by atoms with E-state index in [0.29, 0.717) is 17.0 Å². The van der Waals surface area contributed by atoms with Gasteiger partial charge in [-0.3, -0.25) is 0 Å². The lowest BCUT2D eigenvalue weighted by Gasteiger charge is -2.05. The van der Waals surface area contributed by atoms with Crippen molar-refractivity contribution >= 4 is 17.0 Å². The zero-order valence-electron chi connectivity index (χ0n) is 8.97. The van der Waals surface area contributed by atoms with Crippen LogP contribution in [0.3, 0.4) is 0 Å². The second-order valence-electron chi connectivity index (χ2n) is 3.39. The molecule has 82 valence electrons. The highest BCUT2D eigenvalue weighted by Crippen LogP contribution is 2.19. The Hall–Kier alpha value is -2.30. The first-order valence-electron chi connectivity index (χ1n) is 5.05. The average molecular weight is 239 g/mol. The summed E-state index contributed by atoms with van der Waals surface area (Å²) < 4.78 is 0. The molecule has 1 aromatic carbocycles. The van der Waals surface area contributed by atoms with E-state index < -0.39 is 0 Å². The lowest BCUT2D eigenvalue weighted by molar-refractivity contribution is 1.19. The monoisotopic (exact) mass is 239 g/mol. The molecule has 2 aromatic rings. The van der Waals surface area contributed by atoms with Gasteiger partial charge in [0, 0.05) is 11.4 Å². The summed E-state index contributed by atoms with van der Waals surface area (Å²) >= 11 is 1.46. The number of nitriles is 2. The quantitative estimate of drug-likeness (QED) is 0.895. The summed E-state index contributed by atoms with van der Waals surface area (Å²) in [6.07, 6.45) is 0. The Morgan fingerprint density at radius 2 is 1.88 bits per heavy atom. The zero-order chi connectivity index (χ0) is 12.1. The minimum absolute atomic E-state index is 0.629. The van der Waals surface area contributed by atoms with Gasteiger partial charge in [0.1, 0.15) is 17.0 Å². The molecule has 0 fully saturated rings. The highest BCUT2D eigenvalue weighted by Gasteiger charge is 2.02. The van der Waals surface area contributed by atoms with Crippen LogP contribution in [0.15, 0.2) is 36.4 Å². The Labute approximate surface area is 104 Å². The molecule has 17 heavy (non-hydrogen) atoms. The molecule has 0 unspecified atom stereocenters. The van der Waals surface area contributed by atoms with Crippen LogP contribution >= 0.6 is 11.3 Å². The number of anilines is 1. The summed E-state index contributed by atoms with van der Waals surface area (Å²) in [6.45, 7) is 0.630. The van der Waals surface area contributed by atoms with Gasteiger partial charge in [-0.15, -0.1) is 11.3 Å². The largest absolute Gasteiger partial charge is 0.379 e. The van der Waals surface area contributed by atoms with Gasteiger partial charge in [-0.05, 0) is 24.3 Å². The number of benzene rings is 1. The van der Waals surface area contributed by atoms with E-state index in [0.717, 1.165) is 10.6 Å². The second kappa shape index (κ2) is 5.16. The number of nitrogens with zero attached hydrogens (tertiary/aromatic N) is 2. The predicted octanol–water partition coefficient (Wildman–Crippen LogP) is 3.10. The lowest BCUT2D eigenvalue weighted by atomic mass is 10.2. The van der Waals surface area contributed by atoms with E-state index in [9.17, 15) is 0 Å². The van der Waals surface area contributed by atoms with E-state index in [2.05, 4.69) is 17.5 Å². The van der Waals surface area contributed by atoms with E-state index in [-0.39, 0.29) is 0 Å². The summed E-state index contributed by atoms with van der Waals surface area (Å²) in [5.74, 6) is 0. The summed E-state index contributed by atoms with van der Waals surface area (Å²) in [4.78, 5) is 1.78. The molecular weight excluding hydrogens is 230 g/mol. The van der Waals surface area contributed by atoms with Crippen LogP contribution < -0.4 is 5.32 Å². The molecule has 0 atom stereocenters. The Morgan fingerprint density at radius 1 is 1.06 bits per heavy atom. The fourth-order valence-corrected chi connectivity index (χ4v) is 2.19. The van der Waals surface area contributed by atoms with E-state index in [1.165, 1.54) is 11.3 Å². The molecule has 0 saturated carbocycles. The van der Waals surface area contributed by atoms with Gasteiger partial charge in [-0.2, -0.15) is 10.5 Å². The first-order chi connectivity index (χ1) is 8.33. The van der Waals surface area contributed by atoms with Gasteiger partial charge in [0.2, 0.25) is 0 Å². The van der Waals surface area contributed by atoms with Gasteiger partial charge in [0.15, 0.2) is 0 Å². The Kier molecular flexibility index (Phi) is 3.40.